The average molecular weight is 450 g/mol. The summed E-state index contributed by atoms with van der Waals surface area (Å²) in [4.78, 5) is 32.6. The minimum atomic E-state index is -0.731. The summed E-state index contributed by atoms with van der Waals surface area (Å²) < 4.78 is 5.27. The number of carbonyl (C=O) groups excluding carboxylic acids is 2. The summed E-state index contributed by atoms with van der Waals surface area (Å²) in [6, 6.07) is 18.6. The van der Waals surface area contributed by atoms with Gasteiger partial charge in [0.05, 0.1) is 6.61 Å². The molecule has 0 radical (unpaired) electrons. The third-order valence-electron chi connectivity index (χ3n) is 7.00. The highest BCUT2D eigenvalue weighted by molar-refractivity contribution is 6.07. The molecule has 0 aromatic heterocycles. The fraction of sp³-hybridized carbons (Fsp3) is 0.481. The number of ether oxygens (including phenoxy) is 1. The number of urea groups is 1. The highest BCUT2D eigenvalue weighted by atomic mass is 16.5. The molecule has 6 heteroatoms. The van der Waals surface area contributed by atoms with Gasteiger partial charge in [0, 0.05) is 39.8 Å². The van der Waals surface area contributed by atoms with E-state index in [-0.39, 0.29) is 11.9 Å². The van der Waals surface area contributed by atoms with Crippen molar-refractivity contribution in [3.63, 3.8) is 0 Å². The Balaban J connectivity index is 1.42. The second-order valence-corrected chi connectivity index (χ2v) is 9.27. The molecule has 2 aromatic carbocycles. The zero-order chi connectivity index (χ0) is 23.3. The zero-order valence-electron chi connectivity index (χ0n) is 19.8. The molecule has 4 rings (SSSR count). The second kappa shape index (κ2) is 10.5. The number of hydrogen-bond acceptors (Lipinski definition) is 4. The van der Waals surface area contributed by atoms with Crippen LogP contribution < -0.4 is 0 Å². The maximum atomic E-state index is 13.6. The summed E-state index contributed by atoms with van der Waals surface area (Å²) in [5.74, 6) is -0.0214. The molecule has 176 valence electrons. The van der Waals surface area contributed by atoms with Gasteiger partial charge in [0.15, 0.2) is 0 Å². The number of methoxy groups -OCH3 is 1. The molecule has 2 saturated heterocycles. The molecular weight excluding hydrogens is 414 g/mol. The quantitative estimate of drug-likeness (QED) is 0.546. The Morgan fingerprint density at radius 1 is 0.939 bits per heavy atom. The Labute approximate surface area is 197 Å². The summed E-state index contributed by atoms with van der Waals surface area (Å²) >= 11 is 0. The van der Waals surface area contributed by atoms with Crippen LogP contribution in [0.1, 0.15) is 36.0 Å². The van der Waals surface area contributed by atoms with Gasteiger partial charge in [0.1, 0.15) is 5.54 Å². The SMILES string of the molecule is COCCN1C(=O)N(CCCc2ccccc2)C(=O)C12CCN(Cc1cccc(C)c1)CC2. The van der Waals surface area contributed by atoms with Crippen LogP contribution in [0, 0.1) is 6.92 Å². The van der Waals surface area contributed by atoms with E-state index < -0.39 is 5.54 Å². The first kappa shape index (κ1) is 23.5. The minimum Gasteiger partial charge on any atom is -0.383 e. The summed E-state index contributed by atoms with van der Waals surface area (Å²) in [6.07, 6.45) is 2.97. The largest absolute Gasteiger partial charge is 0.383 e. The fourth-order valence-electron chi connectivity index (χ4n) is 5.19. The van der Waals surface area contributed by atoms with Crippen LogP contribution in [0.5, 0.6) is 0 Å². The monoisotopic (exact) mass is 449 g/mol. The number of imide groups is 1. The molecule has 0 aliphatic carbocycles. The van der Waals surface area contributed by atoms with E-state index in [2.05, 4.69) is 48.2 Å². The van der Waals surface area contributed by atoms with E-state index in [1.54, 1.807) is 12.0 Å². The number of benzene rings is 2. The molecule has 2 aliphatic rings. The molecule has 0 unspecified atom stereocenters. The van der Waals surface area contributed by atoms with E-state index in [9.17, 15) is 9.59 Å². The molecule has 0 atom stereocenters. The average Bonchev–Trinajstić information content (AvgIpc) is 3.01. The highest BCUT2D eigenvalue weighted by Crippen LogP contribution is 2.37. The fourth-order valence-corrected chi connectivity index (χ4v) is 5.19. The van der Waals surface area contributed by atoms with Gasteiger partial charge in [-0.3, -0.25) is 14.6 Å². The summed E-state index contributed by atoms with van der Waals surface area (Å²) in [7, 11) is 1.64. The first-order valence-corrected chi connectivity index (χ1v) is 12.0. The molecule has 2 aromatic rings. The van der Waals surface area contributed by atoms with Crippen molar-refractivity contribution in [3.05, 3.63) is 71.3 Å². The van der Waals surface area contributed by atoms with Crippen molar-refractivity contribution < 1.29 is 14.3 Å². The van der Waals surface area contributed by atoms with E-state index in [1.165, 1.54) is 21.6 Å². The van der Waals surface area contributed by atoms with Gasteiger partial charge in [-0.05, 0) is 43.7 Å². The van der Waals surface area contributed by atoms with Crippen LogP contribution in [0.3, 0.4) is 0 Å². The molecule has 2 aliphatic heterocycles. The number of rotatable bonds is 9. The van der Waals surface area contributed by atoms with E-state index >= 15 is 0 Å². The standard InChI is InChI=1S/C27H35N3O3/c1-22-8-6-11-24(20-22)21-28-16-13-27(14-17-28)25(31)29(26(32)30(27)18-19-33-2)15-7-12-23-9-4-3-5-10-23/h3-6,8-11,20H,7,12-19,21H2,1-2H3. The van der Waals surface area contributed by atoms with Crippen LogP contribution in [0.4, 0.5) is 4.79 Å². The Hall–Kier alpha value is -2.70. The second-order valence-electron chi connectivity index (χ2n) is 9.27. The Kier molecular flexibility index (Phi) is 7.46. The number of aryl methyl sites for hydroxylation is 2. The molecular formula is C27H35N3O3. The Morgan fingerprint density at radius 3 is 2.36 bits per heavy atom. The number of likely N-dealkylation sites (tertiary alicyclic amines) is 1. The molecule has 3 amide bonds. The molecule has 0 saturated carbocycles. The lowest BCUT2D eigenvalue weighted by molar-refractivity contribution is -0.136. The van der Waals surface area contributed by atoms with Gasteiger partial charge in [0.25, 0.3) is 5.91 Å². The van der Waals surface area contributed by atoms with E-state index in [4.69, 9.17) is 4.74 Å². The van der Waals surface area contributed by atoms with Crippen LogP contribution in [0.25, 0.3) is 0 Å². The lowest BCUT2D eigenvalue weighted by Crippen LogP contribution is -2.57. The predicted molar refractivity (Wildman–Crippen MR) is 129 cm³/mol. The minimum absolute atomic E-state index is 0.0214. The van der Waals surface area contributed by atoms with Crippen LogP contribution in [-0.2, 0) is 22.5 Å². The predicted octanol–water partition coefficient (Wildman–Crippen LogP) is 3.87. The van der Waals surface area contributed by atoms with Crippen molar-refractivity contribution in [1.82, 2.24) is 14.7 Å². The van der Waals surface area contributed by atoms with Crippen molar-refractivity contribution in [3.8, 4) is 0 Å². The first-order valence-electron chi connectivity index (χ1n) is 12.0. The maximum absolute atomic E-state index is 13.6. The number of amides is 3. The molecule has 6 nitrogen and oxygen atoms in total. The normalized spacial score (nSPS) is 18.5. The van der Waals surface area contributed by atoms with Crippen LogP contribution in [0.2, 0.25) is 0 Å². The zero-order valence-corrected chi connectivity index (χ0v) is 19.8. The van der Waals surface area contributed by atoms with Crippen molar-refractivity contribution in [2.75, 3.05) is 39.9 Å². The molecule has 0 N–H and O–H groups in total. The summed E-state index contributed by atoms with van der Waals surface area (Å²) in [5.41, 5.74) is 3.05. The van der Waals surface area contributed by atoms with Gasteiger partial charge in [-0.25, -0.2) is 4.79 Å². The van der Waals surface area contributed by atoms with E-state index in [0.717, 1.165) is 32.5 Å². The third kappa shape index (κ3) is 5.12. The molecule has 2 fully saturated rings. The van der Waals surface area contributed by atoms with Gasteiger partial charge in [0.2, 0.25) is 0 Å². The van der Waals surface area contributed by atoms with Gasteiger partial charge < -0.3 is 9.64 Å². The maximum Gasteiger partial charge on any atom is 0.327 e. The van der Waals surface area contributed by atoms with Gasteiger partial charge in [-0.15, -0.1) is 0 Å². The van der Waals surface area contributed by atoms with E-state index in [0.29, 0.717) is 32.5 Å². The number of carbonyl (C=O) groups is 2. The molecule has 0 bridgehead atoms. The van der Waals surface area contributed by atoms with Gasteiger partial charge >= 0.3 is 6.03 Å². The van der Waals surface area contributed by atoms with Crippen LogP contribution in [0.15, 0.2) is 54.6 Å². The van der Waals surface area contributed by atoms with Crippen molar-refractivity contribution in [2.45, 2.75) is 44.7 Å². The van der Waals surface area contributed by atoms with Gasteiger partial charge in [-0.1, -0.05) is 60.2 Å². The van der Waals surface area contributed by atoms with Gasteiger partial charge in [-0.2, -0.15) is 0 Å². The topological polar surface area (TPSA) is 53.1 Å². The van der Waals surface area contributed by atoms with Crippen molar-refractivity contribution in [2.24, 2.45) is 0 Å². The highest BCUT2D eigenvalue weighted by Gasteiger charge is 2.57. The number of piperidine rings is 1. The molecule has 1 spiro atoms. The summed E-state index contributed by atoms with van der Waals surface area (Å²) in [5, 5.41) is 0. The van der Waals surface area contributed by atoms with Crippen LogP contribution >= 0.6 is 0 Å². The van der Waals surface area contributed by atoms with Crippen molar-refractivity contribution in [1.29, 1.82) is 0 Å². The first-order chi connectivity index (χ1) is 16.0. The smallest absolute Gasteiger partial charge is 0.327 e. The Morgan fingerprint density at radius 2 is 1.67 bits per heavy atom. The Bertz CT molecular complexity index is 954. The third-order valence-corrected chi connectivity index (χ3v) is 7.00. The molecule has 33 heavy (non-hydrogen) atoms. The van der Waals surface area contributed by atoms with Crippen molar-refractivity contribution >= 4 is 11.9 Å². The lowest BCUT2D eigenvalue weighted by Gasteiger charge is -2.42. The lowest BCUT2D eigenvalue weighted by atomic mass is 9.85. The molecule has 2 heterocycles. The number of nitrogens with zero attached hydrogens (tertiary/aromatic N) is 3. The van der Waals surface area contributed by atoms with E-state index in [1.807, 2.05) is 18.2 Å². The number of hydrogen-bond donors (Lipinski definition) is 0. The summed E-state index contributed by atoms with van der Waals surface area (Å²) in [6.45, 7) is 5.93. The van der Waals surface area contributed by atoms with Crippen LogP contribution in [-0.4, -0.2) is 72.1 Å².